The van der Waals surface area contributed by atoms with Gasteiger partial charge in [-0.05, 0) is 60.1 Å². The number of aromatic nitrogens is 2. The van der Waals surface area contributed by atoms with Gasteiger partial charge in [0.2, 0.25) is 0 Å². The lowest BCUT2D eigenvalue weighted by Gasteiger charge is -2.39. The van der Waals surface area contributed by atoms with Gasteiger partial charge >= 0.3 is 6.18 Å². The lowest BCUT2D eigenvalue weighted by atomic mass is 9.67. The zero-order valence-corrected chi connectivity index (χ0v) is 18.7. The molecule has 1 aliphatic rings. The molecule has 0 radical (unpaired) electrons. The lowest BCUT2D eigenvalue weighted by molar-refractivity contribution is -0.181. The van der Waals surface area contributed by atoms with Crippen LogP contribution in [-0.2, 0) is 18.4 Å². The normalized spacial score (nSPS) is 17.2. The second kappa shape index (κ2) is 9.81. The third kappa shape index (κ3) is 5.45. The number of pyridine rings is 1. The van der Waals surface area contributed by atoms with E-state index >= 15 is 0 Å². The molecule has 0 aliphatic heterocycles. The standard InChI is InChI=1S/C14H16F4.C8H9N3.C2H6/c1-8-11(15)5-4-9-6-10(14(16,17)18)7-13(2,3)12(8)9;9-5-7-6-10-11-4-2-1-3-8(7)11;1-2/h4-5,10H,6-7H2,1-3H3;1-4,6H,5,9H2;1-2H3. The van der Waals surface area contributed by atoms with Gasteiger partial charge in [-0.25, -0.2) is 8.91 Å². The van der Waals surface area contributed by atoms with E-state index in [0.717, 1.165) is 16.6 Å². The molecule has 0 saturated heterocycles. The van der Waals surface area contributed by atoms with Crippen molar-refractivity contribution >= 4 is 5.52 Å². The van der Waals surface area contributed by atoms with E-state index < -0.39 is 17.5 Å². The molecule has 1 aromatic carbocycles. The van der Waals surface area contributed by atoms with Crippen molar-refractivity contribution in [3.8, 4) is 0 Å². The Morgan fingerprint density at radius 2 is 1.84 bits per heavy atom. The fourth-order valence-corrected chi connectivity index (χ4v) is 4.29. The van der Waals surface area contributed by atoms with Crippen LogP contribution in [0.25, 0.3) is 5.52 Å². The maximum absolute atomic E-state index is 13.6. The van der Waals surface area contributed by atoms with Crippen LogP contribution in [0.4, 0.5) is 17.6 Å². The first-order valence-electron chi connectivity index (χ1n) is 10.5. The van der Waals surface area contributed by atoms with Crippen molar-refractivity contribution in [2.75, 3.05) is 0 Å². The molecule has 31 heavy (non-hydrogen) atoms. The summed E-state index contributed by atoms with van der Waals surface area (Å²) in [6, 6.07) is 8.70. The first-order valence-corrected chi connectivity index (χ1v) is 10.5. The third-order valence-corrected chi connectivity index (χ3v) is 5.57. The molecule has 1 aliphatic carbocycles. The highest BCUT2D eigenvalue weighted by Crippen LogP contribution is 2.46. The molecule has 0 amide bonds. The predicted molar refractivity (Wildman–Crippen MR) is 116 cm³/mol. The van der Waals surface area contributed by atoms with Crippen molar-refractivity contribution < 1.29 is 17.6 Å². The van der Waals surface area contributed by atoms with Gasteiger partial charge in [0.25, 0.3) is 0 Å². The molecule has 1 unspecified atom stereocenters. The van der Waals surface area contributed by atoms with Crippen LogP contribution in [0.5, 0.6) is 0 Å². The number of halogens is 4. The van der Waals surface area contributed by atoms with Gasteiger partial charge in [-0.2, -0.15) is 18.3 Å². The molecule has 1 atom stereocenters. The van der Waals surface area contributed by atoms with Crippen molar-refractivity contribution in [3.63, 3.8) is 0 Å². The Kier molecular flexibility index (Phi) is 7.87. The highest BCUT2D eigenvalue weighted by atomic mass is 19.4. The Morgan fingerprint density at radius 3 is 2.45 bits per heavy atom. The topological polar surface area (TPSA) is 43.3 Å². The molecule has 7 heteroatoms. The lowest BCUT2D eigenvalue weighted by Crippen LogP contribution is -2.38. The van der Waals surface area contributed by atoms with Gasteiger partial charge in [0.15, 0.2) is 0 Å². The van der Waals surface area contributed by atoms with Crippen molar-refractivity contribution in [3.05, 3.63) is 70.8 Å². The number of fused-ring (bicyclic) bond motifs is 2. The fourth-order valence-electron chi connectivity index (χ4n) is 4.29. The fraction of sp³-hybridized carbons (Fsp3) is 0.458. The predicted octanol–water partition coefficient (Wildman–Crippen LogP) is 6.36. The first-order chi connectivity index (χ1) is 14.5. The van der Waals surface area contributed by atoms with Crippen LogP contribution in [-0.4, -0.2) is 15.8 Å². The molecule has 0 saturated carbocycles. The van der Waals surface area contributed by atoms with Gasteiger partial charge in [0, 0.05) is 18.3 Å². The van der Waals surface area contributed by atoms with Crippen LogP contribution >= 0.6 is 0 Å². The molecule has 0 fully saturated rings. The van der Waals surface area contributed by atoms with Gasteiger partial charge in [-0.3, -0.25) is 0 Å². The van der Waals surface area contributed by atoms with E-state index in [0.29, 0.717) is 17.7 Å². The molecule has 3 aromatic rings. The van der Waals surface area contributed by atoms with Crippen LogP contribution < -0.4 is 5.73 Å². The molecule has 2 aromatic heterocycles. The summed E-state index contributed by atoms with van der Waals surface area (Å²) in [6.07, 6.45) is -0.488. The van der Waals surface area contributed by atoms with Crippen LogP contribution in [0.3, 0.4) is 0 Å². The van der Waals surface area contributed by atoms with Crippen LogP contribution in [0.15, 0.2) is 42.7 Å². The number of alkyl halides is 3. The Labute approximate surface area is 181 Å². The monoisotopic (exact) mass is 437 g/mol. The quantitative estimate of drug-likeness (QED) is 0.451. The zero-order chi connectivity index (χ0) is 23.4. The van der Waals surface area contributed by atoms with Crippen molar-refractivity contribution in [1.82, 2.24) is 9.61 Å². The van der Waals surface area contributed by atoms with Crippen LogP contribution in [0, 0.1) is 18.7 Å². The first kappa shape index (κ1) is 24.9. The van der Waals surface area contributed by atoms with Crippen LogP contribution in [0.1, 0.15) is 56.4 Å². The van der Waals surface area contributed by atoms with Gasteiger partial charge in [-0.15, -0.1) is 0 Å². The minimum absolute atomic E-state index is 0.0216. The summed E-state index contributed by atoms with van der Waals surface area (Å²) in [6.45, 7) is 9.71. The summed E-state index contributed by atoms with van der Waals surface area (Å²) < 4.78 is 54.0. The summed E-state index contributed by atoms with van der Waals surface area (Å²) >= 11 is 0. The zero-order valence-electron chi connectivity index (χ0n) is 18.7. The Morgan fingerprint density at radius 1 is 1.16 bits per heavy atom. The minimum atomic E-state index is -4.18. The summed E-state index contributed by atoms with van der Waals surface area (Å²) in [5.41, 5.74) is 8.92. The molecule has 0 spiro atoms. The van der Waals surface area contributed by atoms with Gasteiger partial charge < -0.3 is 5.73 Å². The SMILES string of the molecule is CC.Cc1c(F)ccc2c1C(C)(C)CC(C(F)(F)F)C2.NCc1cnn2ccccc12. The second-order valence-corrected chi connectivity index (χ2v) is 8.14. The molecule has 4 rings (SSSR count). The summed E-state index contributed by atoms with van der Waals surface area (Å²) in [4.78, 5) is 0. The largest absolute Gasteiger partial charge is 0.392 e. The Bertz CT molecular complexity index is 1010. The third-order valence-electron chi connectivity index (χ3n) is 5.57. The summed E-state index contributed by atoms with van der Waals surface area (Å²) in [7, 11) is 0. The van der Waals surface area contributed by atoms with Gasteiger partial charge in [-0.1, -0.05) is 39.8 Å². The number of nitrogens with two attached hydrogens (primary N) is 1. The maximum Gasteiger partial charge on any atom is 0.392 e. The summed E-state index contributed by atoms with van der Waals surface area (Å²) in [5.74, 6) is -1.67. The Balaban J connectivity index is 0.000000224. The summed E-state index contributed by atoms with van der Waals surface area (Å²) in [5, 5.41) is 4.13. The average molecular weight is 438 g/mol. The van der Waals surface area contributed by atoms with E-state index in [-0.39, 0.29) is 18.7 Å². The average Bonchev–Trinajstić information content (AvgIpc) is 3.14. The number of benzene rings is 1. The molecule has 0 bridgehead atoms. The highest BCUT2D eigenvalue weighted by molar-refractivity contribution is 5.53. The second-order valence-electron chi connectivity index (χ2n) is 8.14. The molecule has 2 heterocycles. The van der Waals surface area contributed by atoms with Gasteiger partial charge in [0.05, 0.1) is 17.6 Å². The van der Waals surface area contributed by atoms with Crippen molar-refractivity contribution in [2.45, 2.75) is 65.6 Å². The van der Waals surface area contributed by atoms with E-state index in [2.05, 4.69) is 5.10 Å². The van der Waals surface area contributed by atoms with Gasteiger partial charge in [0.1, 0.15) is 5.82 Å². The van der Waals surface area contributed by atoms with E-state index in [9.17, 15) is 17.6 Å². The molecule has 170 valence electrons. The minimum Gasteiger partial charge on any atom is -0.326 e. The van der Waals surface area contributed by atoms with E-state index in [1.54, 1.807) is 27.0 Å². The van der Waals surface area contributed by atoms with Crippen molar-refractivity contribution in [1.29, 1.82) is 0 Å². The molecular formula is C24H31F4N3. The van der Waals surface area contributed by atoms with E-state index in [1.807, 2.05) is 42.8 Å². The van der Waals surface area contributed by atoms with E-state index in [1.165, 1.54) is 12.1 Å². The number of hydrogen-bond donors (Lipinski definition) is 1. The molecule has 2 N–H and O–H groups in total. The van der Waals surface area contributed by atoms with Crippen molar-refractivity contribution in [2.24, 2.45) is 11.7 Å². The van der Waals surface area contributed by atoms with Crippen LogP contribution in [0.2, 0.25) is 0 Å². The molecule has 3 nitrogen and oxygen atoms in total. The maximum atomic E-state index is 13.6. The Hall–Kier alpha value is -2.41. The molecular weight excluding hydrogens is 406 g/mol. The smallest absolute Gasteiger partial charge is 0.326 e. The number of rotatable bonds is 1. The van der Waals surface area contributed by atoms with E-state index in [4.69, 9.17) is 5.73 Å². The highest BCUT2D eigenvalue weighted by Gasteiger charge is 2.47. The number of hydrogen-bond acceptors (Lipinski definition) is 2. The number of nitrogens with zero attached hydrogens (tertiary/aromatic N) is 2.